The predicted molar refractivity (Wildman–Crippen MR) is 57.6 cm³/mol. The van der Waals surface area contributed by atoms with Crippen LogP contribution in [0.4, 0.5) is 0 Å². The third kappa shape index (κ3) is 2.54. The average Bonchev–Trinajstić information content (AvgIpc) is 2.47. The van der Waals surface area contributed by atoms with E-state index >= 15 is 0 Å². The molecule has 4 heteroatoms. The Balaban J connectivity index is 2.84. The van der Waals surface area contributed by atoms with Crippen molar-refractivity contribution in [2.45, 2.75) is 19.2 Å². The quantitative estimate of drug-likeness (QED) is 0.618. The highest BCUT2D eigenvalue weighted by Gasteiger charge is 2.11. The summed E-state index contributed by atoms with van der Waals surface area (Å²) in [4.78, 5) is 13.2. The van der Waals surface area contributed by atoms with E-state index < -0.39 is 0 Å². The predicted octanol–water partition coefficient (Wildman–Crippen LogP) is 3.13. The van der Waals surface area contributed by atoms with Crippen molar-refractivity contribution in [2.75, 3.05) is 6.61 Å². The molecule has 0 atom stereocenters. The summed E-state index contributed by atoms with van der Waals surface area (Å²) in [6.07, 6.45) is 0. The van der Waals surface area contributed by atoms with Gasteiger partial charge in [-0.25, -0.2) is 4.79 Å². The van der Waals surface area contributed by atoms with Gasteiger partial charge in [-0.2, -0.15) is 0 Å². The lowest BCUT2D eigenvalue weighted by atomic mass is 10.3. The first kappa shape index (κ1) is 10.7. The van der Waals surface area contributed by atoms with E-state index in [0.29, 0.717) is 11.5 Å². The Hall–Kier alpha value is -0.350. The van der Waals surface area contributed by atoms with Gasteiger partial charge in [-0.15, -0.1) is 11.3 Å². The number of alkyl halides is 1. The van der Waals surface area contributed by atoms with Crippen LogP contribution in [0.5, 0.6) is 0 Å². The van der Waals surface area contributed by atoms with E-state index in [0.717, 1.165) is 10.9 Å². The fourth-order valence-corrected chi connectivity index (χ4v) is 2.66. The van der Waals surface area contributed by atoms with Crippen LogP contribution < -0.4 is 0 Å². The maximum Gasteiger partial charge on any atom is 0.348 e. The van der Waals surface area contributed by atoms with E-state index in [1.807, 2.05) is 19.9 Å². The normalized spacial score (nSPS) is 10.1. The van der Waals surface area contributed by atoms with Crippen LogP contribution in [0.15, 0.2) is 6.07 Å². The second kappa shape index (κ2) is 4.77. The van der Waals surface area contributed by atoms with Crippen LogP contribution in [0.3, 0.4) is 0 Å². The summed E-state index contributed by atoms with van der Waals surface area (Å²) in [5.41, 5.74) is 1.14. The van der Waals surface area contributed by atoms with Crippen molar-refractivity contribution in [3.63, 3.8) is 0 Å². The standard InChI is InChI=1S/C9H11BrO2S/c1-3-12-9(11)7-4-6(2)8(5-10)13-7/h4H,3,5H2,1-2H3. The lowest BCUT2D eigenvalue weighted by molar-refractivity contribution is 0.0532. The Morgan fingerprint density at radius 1 is 1.69 bits per heavy atom. The van der Waals surface area contributed by atoms with Crippen molar-refractivity contribution in [3.8, 4) is 0 Å². The van der Waals surface area contributed by atoms with Gasteiger partial charge in [0.15, 0.2) is 0 Å². The van der Waals surface area contributed by atoms with Crippen LogP contribution in [0.1, 0.15) is 27.0 Å². The zero-order valence-electron chi connectivity index (χ0n) is 7.59. The highest BCUT2D eigenvalue weighted by Crippen LogP contribution is 2.24. The van der Waals surface area contributed by atoms with E-state index in [1.54, 1.807) is 0 Å². The van der Waals surface area contributed by atoms with Crippen molar-refractivity contribution < 1.29 is 9.53 Å². The number of carbonyl (C=O) groups is 1. The van der Waals surface area contributed by atoms with Gasteiger partial charge in [0.2, 0.25) is 0 Å². The minimum absolute atomic E-state index is 0.220. The minimum atomic E-state index is -0.220. The highest BCUT2D eigenvalue weighted by molar-refractivity contribution is 9.08. The summed E-state index contributed by atoms with van der Waals surface area (Å²) in [7, 11) is 0. The van der Waals surface area contributed by atoms with Crippen LogP contribution in [0, 0.1) is 6.92 Å². The molecule has 13 heavy (non-hydrogen) atoms. The van der Waals surface area contributed by atoms with Gasteiger partial charge < -0.3 is 4.74 Å². The van der Waals surface area contributed by atoms with Crippen LogP contribution in [-0.4, -0.2) is 12.6 Å². The van der Waals surface area contributed by atoms with Gasteiger partial charge in [0.25, 0.3) is 0 Å². The van der Waals surface area contributed by atoms with Crippen LogP contribution >= 0.6 is 27.3 Å². The molecule has 0 bridgehead atoms. The van der Waals surface area contributed by atoms with Crippen molar-refractivity contribution in [3.05, 3.63) is 21.4 Å². The van der Waals surface area contributed by atoms with Gasteiger partial charge in [-0.1, -0.05) is 15.9 Å². The first-order chi connectivity index (χ1) is 6.19. The molecule has 0 radical (unpaired) electrons. The van der Waals surface area contributed by atoms with E-state index in [1.165, 1.54) is 16.2 Å². The third-order valence-electron chi connectivity index (χ3n) is 1.62. The van der Waals surface area contributed by atoms with Crippen LogP contribution in [-0.2, 0) is 10.1 Å². The fraction of sp³-hybridized carbons (Fsp3) is 0.444. The molecule has 0 aliphatic heterocycles. The number of ether oxygens (including phenoxy) is 1. The second-order valence-corrected chi connectivity index (χ2v) is 4.27. The summed E-state index contributed by atoms with van der Waals surface area (Å²) < 4.78 is 4.90. The Bertz CT molecular complexity index is 307. The molecule has 0 aliphatic carbocycles. The first-order valence-electron chi connectivity index (χ1n) is 4.01. The third-order valence-corrected chi connectivity index (χ3v) is 3.77. The van der Waals surface area contributed by atoms with Crippen molar-refractivity contribution in [1.82, 2.24) is 0 Å². The summed E-state index contributed by atoms with van der Waals surface area (Å²) in [5, 5.41) is 0.795. The number of hydrogen-bond donors (Lipinski definition) is 0. The number of rotatable bonds is 3. The number of esters is 1. The summed E-state index contributed by atoms with van der Waals surface area (Å²) in [6.45, 7) is 4.24. The number of halogens is 1. The Morgan fingerprint density at radius 3 is 2.85 bits per heavy atom. The molecule has 0 amide bonds. The number of aryl methyl sites for hydroxylation is 1. The molecule has 2 nitrogen and oxygen atoms in total. The van der Waals surface area contributed by atoms with Crippen LogP contribution in [0.25, 0.3) is 0 Å². The molecule has 0 aliphatic rings. The van der Waals surface area contributed by atoms with Gasteiger partial charge in [0.05, 0.1) is 6.61 Å². The highest BCUT2D eigenvalue weighted by atomic mass is 79.9. The largest absolute Gasteiger partial charge is 0.462 e. The molecule has 0 saturated heterocycles. The monoisotopic (exact) mass is 262 g/mol. The molecule has 72 valence electrons. The average molecular weight is 263 g/mol. The molecule has 0 aromatic carbocycles. The van der Waals surface area contributed by atoms with Crippen molar-refractivity contribution in [2.24, 2.45) is 0 Å². The smallest absolute Gasteiger partial charge is 0.348 e. The molecule has 0 fully saturated rings. The van der Waals surface area contributed by atoms with Gasteiger partial charge >= 0.3 is 5.97 Å². The van der Waals surface area contributed by atoms with Gasteiger partial charge in [-0.05, 0) is 25.5 Å². The molecule has 0 saturated carbocycles. The summed E-state index contributed by atoms with van der Waals surface area (Å²) >= 11 is 4.85. The lowest BCUT2D eigenvalue weighted by Crippen LogP contribution is -2.01. The molecule has 1 rings (SSSR count). The SMILES string of the molecule is CCOC(=O)c1cc(C)c(CBr)s1. The first-order valence-corrected chi connectivity index (χ1v) is 5.95. The number of thiophene rings is 1. The summed E-state index contributed by atoms with van der Waals surface area (Å²) in [5.74, 6) is -0.220. The maximum absolute atomic E-state index is 11.3. The Morgan fingerprint density at radius 2 is 2.38 bits per heavy atom. The second-order valence-electron chi connectivity index (χ2n) is 2.57. The topological polar surface area (TPSA) is 26.3 Å². The molecule has 1 aromatic rings. The van der Waals surface area contributed by atoms with E-state index in [9.17, 15) is 4.79 Å². The zero-order valence-corrected chi connectivity index (χ0v) is 10.00. The maximum atomic E-state index is 11.3. The van der Waals surface area contributed by atoms with E-state index in [-0.39, 0.29) is 5.97 Å². The molecule has 0 unspecified atom stereocenters. The van der Waals surface area contributed by atoms with Gasteiger partial charge in [0, 0.05) is 10.2 Å². The Labute approximate surface area is 90.0 Å². The molecule has 0 N–H and O–H groups in total. The molecular weight excluding hydrogens is 252 g/mol. The van der Waals surface area contributed by atoms with Crippen molar-refractivity contribution >= 4 is 33.2 Å². The number of carbonyl (C=O) groups excluding carboxylic acids is 1. The zero-order chi connectivity index (χ0) is 9.84. The van der Waals surface area contributed by atoms with Crippen LogP contribution in [0.2, 0.25) is 0 Å². The number of hydrogen-bond acceptors (Lipinski definition) is 3. The Kier molecular flexibility index (Phi) is 3.93. The van der Waals surface area contributed by atoms with Crippen molar-refractivity contribution in [1.29, 1.82) is 0 Å². The molecule has 1 aromatic heterocycles. The molecule has 1 heterocycles. The fourth-order valence-electron chi connectivity index (χ4n) is 0.955. The van der Waals surface area contributed by atoms with Gasteiger partial charge in [0.1, 0.15) is 4.88 Å². The molecule has 0 spiro atoms. The minimum Gasteiger partial charge on any atom is -0.462 e. The summed E-state index contributed by atoms with van der Waals surface area (Å²) in [6, 6.07) is 1.87. The lowest BCUT2D eigenvalue weighted by Gasteiger charge is -1.96. The molecular formula is C9H11BrO2S. The van der Waals surface area contributed by atoms with E-state index in [2.05, 4.69) is 15.9 Å². The van der Waals surface area contributed by atoms with E-state index in [4.69, 9.17) is 4.74 Å². The van der Waals surface area contributed by atoms with Gasteiger partial charge in [-0.3, -0.25) is 0 Å².